The summed E-state index contributed by atoms with van der Waals surface area (Å²) in [5, 5.41) is 5.17. The minimum atomic E-state index is -4.58. The molecule has 0 bridgehead atoms. The van der Waals surface area contributed by atoms with Crippen LogP contribution in [0.3, 0.4) is 0 Å². The molecule has 0 aliphatic heterocycles. The van der Waals surface area contributed by atoms with Gasteiger partial charge in [-0.25, -0.2) is 13.1 Å². The van der Waals surface area contributed by atoms with Crippen LogP contribution >= 0.6 is 0 Å². The highest BCUT2D eigenvalue weighted by Gasteiger charge is 2.30. The van der Waals surface area contributed by atoms with E-state index in [0.29, 0.717) is 0 Å². The predicted octanol–water partition coefficient (Wildman–Crippen LogP) is 0.559. The molecule has 1 rings (SSSR count). The molecule has 0 atom stereocenters. The lowest BCUT2D eigenvalue weighted by atomic mass is 10.4. The molecular formula is C6H8F3N3O2S. The molecule has 0 unspecified atom stereocenters. The molecular weight excluding hydrogens is 235 g/mol. The SMILES string of the molecule is Cc1cn[nH]c1S(=O)(=O)NCC(F)(F)F. The van der Waals surface area contributed by atoms with E-state index >= 15 is 0 Å². The molecule has 1 aromatic rings. The van der Waals surface area contributed by atoms with Gasteiger partial charge in [-0.1, -0.05) is 0 Å². The van der Waals surface area contributed by atoms with Gasteiger partial charge in [-0.2, -0.15) is 18.3 Å². The van der Waals surface area contributed by atoms with Crippen molar-refractivity contribution < 1.29 is 21.6 Å². The molecule has 86 valence electrons. The van der Waals surface area contributed by atoms with Gasteiger partial charge in [0.05, 0.1) is 6.20 Å². The Morgan fingerprint density at radius 2 is 2.13 bits per heavy atom. The molecule has 1 aromatic heterocycles. The minimum Gasteiger partial charge on any atom is -0.266 e. The van der Waals surface area contributed by atoms with Crippen LogP contribution in [-0.4, -0.2) is 31.3 Å². The van der Waals surface area contributed by atoms with Crippen molar-refractivity contribution in [3.05, 3.63) is 11.8 Å². The fourth-order valence-corrected chi connectivity index (χ4v) is 2.00. The van der Waals surface area contributed by atoms with E-state index in [9.17, 15) is 21.6 Å². The number of nitrogens with zero attached hydrogens (tertiary/aromatic N) is 1. The topological polar surface area (TPSA) is 74.8 Å². The van der Waals surface area contributed by atoms with Crippen molar-refractivity contribution in [2.75, 3.05) is 6.54 Å². The van der Waals surface area contributed by atoms with Crippen LogP contribution in [0.1, 0.15) is 5.56 Å². The zero-order valence-corrected chi connectivity index (χ0v) is 8.41. The normalized spacial score (nSPS) is 13.1. The monoisotopic (exact) mass is 243 g/mol. The van der Waals surface area contributed by atoms with Gasteiger partial charge >= 0.3 is 6.18 Å². The zero-order chi connectivity index (χ0) is 11.7. The predicted molar refractivity (Wildman–Crippen MR) is 44.6 cm³/mol. The van der Waals surface area contributed by atoms with Gasteiger partial charge in [0.1, 0.15) is 6.54 Å². The average Bonchev–Trinajstić information content (AvgIpc) is 2.47. The number of aromatic nitrogens is 2. The van der Waals surface area contributed by atoms with Crippen molar-refractivity contribution in [1.29, 1.82) is 0 Å². The smallest absolute Gasteiger partial charge is 0.266 e. The van der Waals surface area contributed by atoms with Crippen LogP contribution in [0.4, 0.5) is 13.2 Å². The van der Waals surface area contributed by atoms with Gasteiger partial charge in [0.25, 0.3) is 10.0 Å². The van der Waals surface area contributed by atoms with Crippen LogP contribution in [0.5, 0.6) is 0 Å². The van der Waals surface area contributed by atoms with Crippen molar-refractivity contribution in [2.45, 2.75) is 18.1 Å². The van der Waals surface area contributed by atoms with Crippen LogP contribution in [0, 0.1) is 6.92 Å². The Morgan fingerprint density at radius 3 is 2.53 bits per heavy atom. The summed E-state index contributed by atoms with van der Waals surface area (Å²) in [7, 11) is -4.17. The molecule has 0 aliphatic rings. The van der Waals surface area contributed by atoms with E-state index in [1.165, 1.54) is 17.8 Å². The fraction of sp³-hybridized carbons (Fsp3) is 0.500. The summed E-state index contributed by atoms with van der Waals surface area (Å²) in [4.78, 5) is 0. The van der Waals surface area contributed by atoms with Crippen LogP contribution < -0.4 is 4.72 Å². The average molecular weight is 243 g/mol. The maximum absolute atomic E-state index is 11.8. The molecule has 0 saturated carbocycles. The highest BCUT2D eigenvalue weighted by atomic mass is 32.2. The number of H-pyrrole nitrogens is 1. The molecule has 2 N–H and O–H groups in total. The van der Waals surface area contributed by atoms with E-state index in [1.807, 2.05) is 0 Å². The third-order valence-electron chi connectivity index (χ3n) is 1.51. The van der Waals surface area contributed by atoms with E-state index in [4.69, 9.17) is 0 Å². The minimum absolute atomic E-state index is 0.254. The van der Waals surface area contributed by atoms with Gasteiger partial charge in [-0.3, -0.25) is 5.10 Å². The van der Waals surface area contributed by atoms with Gasteiger partial charge in [-0.05, 0) is 6.92 Å². The lowest BCUT2D eigenvalue weighted by molar-refractivity contribution is -0.121. The molecule has 0 saturated heterocycles. The number of rotatable bonds is 3. The zero-order valence-electron chi connectivity index (χ0n) is 7.59. The standard InChI is InChI=1S/C6H8F3N3O2S/c1-4-2-10-12-5(4)15(13,14)11-3-6(7,8)9/h2,11H,3H2,1H3,(H,10,12). The summed E-state index contributed by atoms with van der Waals surface area (Å²) in [6.45, 7) is -0.181. The van der Waals surface area contributed by atoms with Crippen molar-refractivity contribution in [2.24, 2.45) is 0 Å². The Bertz CT molecular complexity index is 437. The number of sulfonamides is 1. The lowest BCUT2D eigenvalue weighted by Crippen LogP contribution is -2.34. The molecule has 0 fully saturated rings. The highest BCUT2D eigenvalue weighted by molar-refractivity contribution is 7.89. The van der Waals surface area contributed by atoms with Gasteiger partial charge in [0.2, 0.25) is 0 Å². The van der Waals surface area contributed by atoms with Crippen molar-refractivity contribution in [3.63, 3.8) is 0 Å². The Hall–Kier alpha value is -1.09. The Morgan fingerprint density at radius 1 is 1.53 bits per heavy atom. The molecule has 5 nitrogen and oxygen atoms in total. The Balaban J connectivity index is 2.82. The fourth-order valence-electron chi connectivity index (χ4n) is 0.856. The summed E-state index contributed by atoms with van der Waals surface area (Å²) in [5.41, 5.74) is 0.254. The quantitative estimate of drug-likeness (QED) is 0.814. The second-order valence-corrected chi connectivity index (χ2v) is 4.53. The van der Waals surface area contributed by atoms with Crippen molar-refractivity contribution in [1.82, 2.24) is 14.9 Å². The van der Waals surface area contributed by atoms with Crippen molar-refractivity contribution in [3.8, 4) is 0 Å². The molecule has 0 amide bonds. The first-order valence-corrected chi connectivity index (χ1v) is 5.27. The number of nitrogens with one attached hydrogen (secondary N) is 2. The number of hydrogen-bond donors (Lipinski definition) is 2. The van der Waals surface area contributed by atoms with E-state index < -0.39 is 22.7 Å². The highest BCUT2D eigenvalue weighted by Crippen LogP contribution is 2.15. The third-order valence-corrected chi connectivity index (χ3v) is 2.99. The van der Waals surface area contributed by atoms with Gasteiger partial charge in [-0.15, -0.1) is 0 Å². The number of hydrogen-bond acceptors (Lipinski definition) is 3. The molecule has 15 heavy (non-hydrogen) atoms. The first kappa shape index (κ1) is 12.0. The first-order chi connectivity index (χ1) is 6.72. The van der Waals surface area contributed by atoms with E-state index in [0.717, 1.165) is 0 Å². The first-order valence-electron chi connectivity index (χ1n) is 3.79. The number of aromatic amines is 1. The number of aryl methyl sites for hydroxylation is 1. The second kappa shape index (κ2) is 3.81. The summed E-state index contributed by atoms with van der Waals surface area (Å²) in [6.07, 6.45) is -3.37. The van der Waals surface area contributed by atoms with E-state index in [2.05, 4.69) is 10.2 Å². The second-order valence-electron chi connectivity index (χ2n) is 2.82. The van der Waals surface area contributed by atoms with Gasteiger partial charge in [0, 0.05) is 5.56 Å². The maximum Gasteiger partial charge on any atom is 0.402 e. The molecule has 0 aromatic carbocycles. The molecule has 0 radical (unpaired) electrons. The van der Waals surface area contributed by atoms with Crippen LogP contribution in [-0.2, 0) is 10.0 Å². The molecule has 9 heteroatoms. The number of halogens is 3. The van der Waals surface area contributed by atoms with Crippen LogP contribution in [0.15, 0.2) is 11.2 Å². The van der Waals surface area contributed by atoms with Crippen molar-refractivity contribution >= 4 is 10.0 Å². The Labute approximate surface area is 83.7 Å². The lowest BCUT2D eigenvalue weighted by Gasteiger charge is -2.08. The molecule has 0 spiro atoms. The maximum atomic E-state index is 11.8. The van der Waals surface area contributed by atoms with Crippen LogP contribution in [0.2, 0.25) is 0 Å². The van der Waals surface area contributed by atoms with Gasteiger partial charge in [0.15, 0.2) is 5.03 Å². The summed E-state index contributed by atoms with van der Waals surface area (Å²) in [5.74, 6) is 0. The van der Waals surface area contributed by atoms with Crippen LogP contribution in [0.25, 0.3) is 0 Å². The number of alkyl halides is 3. The largest absolute Gasteiger partial charge is 0.402 e. The van der Waals surface area contributed by atoms with Gasteiger partial charge < -0.3 is 0 Å². The summed E-state index contributed by atoms with van der Waals surface area (Å²) in [6, 6.07) is 0. The summed E-state index contributed by atoms with van der Waals surface area (Å²) >= 11 is 0. The summed E-state index contributed by atoms with van der Waals surface area (Å²) < 4.78 is 59.3. The Kier molecular flexibility index (Phi) is 3.05. The molecule has 1 heterocycles. The third kappa shape index (κ3) is 3.20. The van der Waals surface area contributed by atoms with E-state index in [1.54, 1.807) is 0 Å². The molecule has 0 aliphatic carbocycles. The van der Waals surface area contributed by atoms with E-state index in [-0.39, 0.29) is 10.6 Å².